The van der Waals surface area contributed by atoms with Crippen LogP contribution in [0.2, 0.25) is 0 Å². The Hall–Kier alpha value is -2.69. The number of anilines is 1. The van der Waals surface area contributed by atoms with Crippen molar-refractivity contribution >= 4 is 17.4 Å². The predicted molar refractivity (Wildman–Crippen MR) is 72.6 cm³/mol. The molecule has 5 heteroatoms. The van der Waals surface area contributed by atoms with Crippen LogP contribution in [0.4, 0.5) is 10.1 Å². The first-order valence-electron chi connectivity index (χ1n) is 5.93. The van der Waals surface area contributed by atoms with Crippen molar-refractivity contribution in [2.45, 2.75) is 0 Å². The number of Topliss-reactive ketones (excluding diaryl/α,β-unsaturated/α-hetero) is 1. The van der Waals surface area contributed by atoms with Crippen molar-refractivity contribution in [3.8, 4) is 0 Å². The van der Waals surface area contributed by atoms with Crippen molar-refractivity contribution < 1.29 is 19.1 Å². The number of carboxylic acid groups (broad SMARTS) is 1. The van der Waals surface area contributed by atoms with Gasteiger partial charge in [0.2, 0.25) is 0 Å². The molecule has 0 aliphatic heterocycles. The number of ketones is 1. The van der Waals surface area contributed by atoms with E-state index in [0.717, 1.165) is 0 Å². The fraction of sp³-hybridized carbons (Fsp3) is 0.0667. The van der Waals surface area contributed by atoms with Crippen molar-refractivity contribution in [2.75, 3.05) is 11.9 Å². The zero-order chi connectivity index (χ0) is 14.5. The lowest BCUT2D eigenvalue weighted by atomic mass is 10.1. The van der Waals surface area contributed by atoms with Crippen LogP contribution in [0.1, 0.15) is 20.7 Å². The summed E-state index contributed by atoms with van der Waals surface area (Å²) in [5.41, 5.74) is 0.623. The molecule has 0 saturated carbocycles. The molecule has 0 unspecified atom stereocenters. The number of carbonyl (C=O) groups is 2. The van der Waals surface area contributed by atoms with Gasteiger partial charge in [-0.2, -0.15) is 0 Å². The zero-order valence-electron chi connectivity index (χ0n) is 10.5. The number of hydrogen-bond donors (Lipinski definition) is 2. The highest BCUT2D eigenvalue weighted by Gasteiger charge is 2.10. The highest BCUT2D eigenvalue weighted by molar-refractivity contribution is 5.99. The lowest BCUT2D eigenvalue weighted by molar-refractivity contribution is 0.0696. The first-order chi connectivity index (χ1) is 9.58. The smallest absolute Gasteiger partial charge is 0.335 e. The molecule has 0 saturated heterocycles. The molecule has 4 nitrogen and oxygen atoms in total. The Labute approximate surface area is 114 Å². The summed E-state index contributed by atoms with van der Waals surface area (Å²) in [7, 11) is 0. The molecule has 20 heavy (non-hydrogen) atoms. The molecule has 0 aliphatic carbocycles. The third-order valence-electron chi connectivity index (χ3n) is 2.74. The molecule has 0 spiro atoms. The van der Waals surface area contributed by atoms with E-state index in [1.165, 1.54) is 30.3 Å². The SMILES string of the molecule is O=C(O)c1cccc(NCC(=O)c2ccccc2F)c1. The summed E-state index contributed by atoms with van der Waals surface area (Å²) in [6.45, 7) is -0.107. The molecule has 2 aromatic rings. The second-order valence-electron chi connectivity index (χ2n) is 4.14. The summed E-state index contributed by atoms with van der Waals surface area (Å²) >= 11 is 0. The van der Waals surface area contributed by atoms with Gasteiger partial charge in [-0.1, -0.05) is 18.2 Å². The average molecular weight is 273 g/mol. The molecule has 0 atom stereocenters. The highest BCUT2D eigenvalue weighted by atomic mass is 19.1. The Balaban J connectivity index is 2.06. The van der Waals surface area contributed by atoms with Crippen LogP contribution in [0.25, 0.3) is 0 Å². The van der Waals surface area contributed by atoms with Crippen LogP contribution in [0.3, 0.4) is 0 Å². The van der Waals surface area contributed by atoms with E-state index < -0.39 is 17.6 Å². The van der Waals surface area contributed by atoms with Crippen molar-refractivity contribution in [1.82, 2.24) is 0 Å². The molecule has 2 rings (SSSR count). The van der Waals surface area contributed by atoms with Gasteiger partial charge in [0.25, 0.3) is 0 Å². The third kappa shape index (κ3) is 3.20. The van der Waals surface area contributed by atoms with Crippen molar-refractivity contribution in [1.29, 1.82) is 0 Å². The van der Waals surface area contributed by atoms with E-state index in [4.69, 9.17) is 5.11 Å². The highest BCUT2D eigenvalue weighted by Crippen LogP contribution is 2.12. The minimum Gasteiger partial charge on any atom is -0.478 e. The summed E-state index contributed by atoms with van der Waals surface area (Å²) in [4.78, 5) is 22.7. The third-order valence-corrected chi connectivity index (χ3v) is 2.74. The van der Waals surface area contributed by atoms with Gasteiger partial charge in [0.1, 0.15) is 5.82 Å². The number of halogens is 1. The van der Waals surface area contributed by atoms with E-state index in [0.29, 0.717) is 5.69 Å². The molecule has 0 radical (unpaired) electrons. The molecular formula is C15H12FNO3. The lowest BCUT2D eigenvalue weighted by Crippen LogP contribution is -2.15. The number of benzene rings is 2. The number of carbonyl (C=O) groups excluding carboxylic acids is 1. The van der Waals surface area contributed by atoms with Crippen LogP contribution in [0.15, 0.2) is 48.5 Å². The molecule has 0 amide bonds. The Kier molecular flexibility index (Phi) is 4.10. The van der Waals surface area contributed by atoms with E-state index >= 15 is 0 Å². The van der Waals surface area contributed by atoms with Crippen LogP contribution in [0.5, 0.6) is 0 Å². The fourth-order valence-electron chi connectivity index (χ4n) is 1.73. The summed E-state index contributed by atoms with van der Waals surface area (Å²) in [6.07, 6.45) is 0. The molecule has 2 N–H and O–H groups in total. The molecular weight excluding hydrogens is 261 g/mol. The Morgan fingerprint density at radius 3 is 2.55 bits per heavy atom. The molecule has 0 aromatic heterocycles. The molecule has 2 aromatic carbocycles. The number of carboxylic acids is 1. The first kappa shape index (κ1) is 13.7. The van der Waals surface area contributed by atoms with E-state index in [1.54, 1.807) is 18.2 Å². The fourth-order valence-corrected chi connectivity index (χ4v) is 1.73. The van der Waals surface area contributed by atoms with Gasteiger partial charge < -0.3 is 10.4 Å². The van der Waals surface area contributed by atoms with Gasteiger partial charge >= 0.3 is 5.97 Å². The van der Waals surface area contributed by atoms with E-state index in [-0.39, 0.29) is 17.7 Å². The average Bonchev–Trinajstić information content (AvgIpc) is 2.45. The maximum atomic E-state index is 13.4. The Morgan fingerprint density at radius 1 is 1.10 bits per heavy atom. The quantitative estimate of drug-likeness (QED) is 0.822. The number of hydrogen-bond acceptors (Lipinski definition) is 3. The van der Waals surface area contributed by atoms with Crippen LogP contribution in [0, 0.1) is 5.82 Å². The topological polar surface area (TPSA) is 66.4 Å². The first-order valence-corrected chi connectivity index (χ1v) is 5.93. The number of aromatic carboxylic acids is 1. The molecule has 0 bridgehead atoms. The van der Waals surface area contributed by atoms with Crippen molar-refractivity contribution in [2.24, 2.45) is 0 Å². The minimum absolute atomic E-state index is 0.00869. The second-order valence-corrected chi connectivity index (χ2v) is 4.14. The van der Waals surface area contributed by atoms with Gasteiger partial charge in [0, 0.05) is 5.69 Å². The summed E-state index contributed by atoms with van der Waals surface area (Å²) in [5.74, 6) is -2.02. The van der Waals surface area contributed by atoms with E-state index in [1.807, 2.05) is 0 Å². The summed E-state index contributed by atoms with van der Waals surface area (Å²) < 4.78 is 13.4. The monoisotopic (exact) mass is 273 g/mol. The molecule has 0 aliphatic rings. The maximum Gasteiger partial charge on any atom is 0.335 e. The van der Waals surface area contributed by atoms with Gasteiger partial charge in [-0.3, -0.25) is 4.79 Å². The second kappa shape index (κ2) is 5.97. The van der Waals surface area contributed by atoms with Gasteiger partial charge in [-0.25, -0.2) is 9.18 Å². The van der Waals surface area contributed by atoms with Crippen LogP contribution in [-0.4, -0.2) is 23.4 Å². The van der Waals surface area contributed by atoms with Crippen LogP contribution in [-0.2, 0) is 0 Å². The largest absolute Gasteiger partial charge is 0.478 e. The van der Waals surface area contributed by atoms with Gasteiger partial charge in [0.05, 0.1) is 17.7 Å². The molecule has 0 heterocycles. The van der Waals surface area contributed by atoms with Gasteiger partial charge in [0.15, 0.2) is 5.78 Å². The van der Waals surface area contributed by atoms with Crippen molar-refractivity contribution in [3.05, 3.63) is 65.5 Å². The minimum atomic E-state index is -1.05. The van der Waals surface area contributed by atoms with E-state index in [2.05, 4.69) is 5.32 Å². The standard InChI is InChI=1S/C15H12FNO3/c16-13-7-2-1-6-12(13)14(18)9-17-11-5-3-4-10(8-11)15(19)20/h1-8,17H,9H2,(H,19,20). The number of nitrogens with one attached hydrogen (secondary N) is 1. The summed E-state index contributed by atoms with van der Waals surface area (Å²) in [5, 5.41) is 11.6. The molecule has 102 valence electrons. The summed E-state index contributed by atoms with van der Waals surface area (Å²) in [6, 6.07) is 11.8. The molecule has 0 fully saturated rings. The van der Waals surface area contributed by atoms with Crippen LogP contribution < -0.4 is 5.32 Å². The lowest BCUT2D eigenvalue weighted by Gasteiger charge is -2.07. The Bertz CT molecular complexity index is 655. The van der Waals surface area contributed by atoms with Crippen molar-refractivity contribution in [3.63, 3.8) is 0 Å². The Morgan fingerprint density at radius 2 is 1.85 bits per heavy atom. The number of rotatable bonds is 5. The van der Waals surface area contributed by atoms with Crippen LogP contribution >= 0.6 is 0 Å². The van der Waals surface area contributed by atoms with E-state index in [9.17, 15) is 14.0 Å². The zero-order valence-corrected chi connectivity index (χ0v) is 10.5. The van der Waals surface area contributed by atoms with Gasteiger partial charge in [-0.15, -0.1) is 0 Å². The maximum absolute atomic E-state index is 13.4. The van der Waals surface area contributed by atoms with Gasteiger partial charge in [-0.05, 0) is 30.3 Å². The predicted octanol–water partition coefficient (Wildman–Crippen LogP) is 2.82. The normalized spacial score (nSPS) is 10.1.